The number of ether oxygens (including phenoxy) is 3. The van der Waals surface area contributed by atoms with Gasteiger partial charge < -0.3 is 14.2 Å². The van der Waals surface area contributed by atoms with Crippen LogP contribution in [0.4, 0.5) is 0 Å². The highest BCUT2D eigenvalue weighted by molar-refractivity contribution is 7.81. The van der Waals surface area contributed by atoms with Gasteiger partial charge in [-0.05, 0) is 60.0 Å². The summed E-state index contributed by atoms with van der Waals surface area (Å²) < 4.78 is 17.5. The lowest BCUT2D eigenvalue weighted by Crippen LogP contribution is -2.25. The minimum atomic E-state index is -0.389. The third kappa shape index (κ3) is 7.80. The standard InChI is InChI=1S/C29H36O3S3/c1-20(33)17-30-26-11-5-23(6-12-26)29(4,24-7-13-27(14-8-24)31-18-21(2)34)25-9-15-28(16-10-25)32-19-22(3)35/h5-16,20-22,33-35H,17-19H2,1-4H3. The van der Waals surface area contributed by atoms with E-state index >= 15 is 0 Å². The summed E-state index contributed by atoms with van der Waals surface area (Å²) in [6.07, 6.45) is 0. The lowest BCUT2D eigenvalue weighted by molar-refractivity contribution is 0.322. The highest BCUT2D eigenvalue weighted by Gasteiger charge is 2.31. The van der Waals surface area contributed by atoms with Crippen LogP contribution < -0.4 is 14.2 Å². The van der Waals surface area contributed by atoms with Crippen LogP contribution in [0.5, 0.6) is 17.2 Å². The maximum absolute atomic E-state index is 5.85. The van der Waals surface area contributed by atoms with Crippen LogP contribution in [0.3, 0.4) is 0 Å². The van der Waals surface area contributed by atoms with Gasteiger partial charge in [0, 0.05) is 21.2 Å². The molecule has 3 aromatic carbocycles. The van der Waals surface area contributed by atoms with Gasteiger partial charge >= 0.3 is 0 Å². The Bertz CT molecular complexity index is 896. The molecule has 188 valence electrons. The summed E-state index contributed by atoms with van der Waals surface area (Å²) in [5.41, 5.74) is 3.11. The summed E-state index contributed by atoms with van der Waals surface area (Å²) in [6, 6.07) is 25.0. The van der Waals surface area contributed by atoms with Crippen molar-refractivity contribution in [3.8, 4) is 17.2 Å². The minimum Gasteiger partial charge on any atom is -0.492 e. The van der Waals surface area contributed by atoms with Gasteiger partial charge in [0.1, 0.15) is 17.2 Å². The molecule has 0 aliphatic carbocycles. The van der Waals surface area contributed by atoms with Gasteiger partial charge in [-0.2, -0.15) is 37.9 Å². The van der Waals surface area contributed by atoms with E-state index in [4.69, 9.17) is 14.2 Å². The van der Waals surface area contributed by atoms with Crippen molar-refractivity contribution in [2.24, 2.45) is 0 Å². The van der Waals surface area contributed by atoms with E-state index in [1.54, 1.807) is 0 Å². The first kappa shape index (κ1) is 27.7. The normalized spacial score (nSPS) is 15.5. The molecule has 0 heterocycles. The number of benzene rings is 3. The Morgan fingerprint density at radius 1 is 0.514 bits per heavy atom. The molecule has 0 fully saturated rings. The lowest BCUT2D eigenvalue weighted by Gasteiger charge is -2.32. The van der Waals surface area contributed by atoms with E-state index in [9.17, 15) is 0 Å². The predicted molar refractivity (Wildman–Crippen MR) is 157 cm³/mol. The van der Waals surface area contributed by atoms with E-state index in [-0.39, 0.29) is 21.2 Å². The van der Waals surface area contributed by atoms with Crippen molar-refractivity contribution in [3.63, 3.8) is 0 Å². The molecule has 0 saturated carbocycles. The minimum absolute atomic E-state index is 0.178. The van der Waals surface area contributed by atoms with Gasteiger partial charge in [0.15, 0.2) is 0 Å². The van der Waals surface area contributed by atoms with Crippen molar-refractivity contribution in [2.75, 3.05) is 19.8 Å². The zero-order valence-corrected chi connectivity index (χ0v) is 23.5. The fraction of sp³-hybridized carbons (Fsp3) is 0.379. The highest BCUT2D eigenvalue weighted by Crippen LogP contribution is 2.40. The Morgan fingerprint density at radius 3 is 0.943 bits per heavy atom. The van der Waals surface area contributed by atoms with E-state index in [0.29, 0.717) is 19.8 Å². The summed E-state index contributed by atoms with van der Waals surface area (Å²) in [5.74, 6) is 2.52. The van der Waals surface area contributed by atoms with Gasteiger partial charge in [-0.3, -0.25) is 0 Å². The summed E-state index contributed by atoms with van der Waals surface area (Å²) in [7, 11) is 0. The molecule has 3 rings (SSSR count). The second kappa shape index (κ2) is 12.9. The second-order valence-electron chi connectivity index (χ2n) is 9.18. The fourth-order valence-corrected chi connectivity index (χ4v) is 4.03. The van der Waals surface area contributed by atoms with Crippen LogP contribution in [0.25, 0.3) is 0 Å². The molecule has 35 heavy (non-hydrogen) atoms. The van der Waals surface area contributed by atoms with Crippen molar-refractivity contribution in [1.29, 1.82) is 0 Å². The molecule has 0 amide bonds. The molecule has 0 bridgehead atoms. The van der Waals surface area contributed by atoms with Gasteiger partial charge in [0.25, 0.3) is 0 Å². The SMILES string of the molecule is CC(S)COc1ccc(C(C)(c2ccc(OCC(C)S)cc2)c2ccc(OCC(C)S)cc2)cc1. The van der Waals surface area contributed by atoms with Crippen molar-refractivity contribution in [3.05, 3.63) is 89.5 Å². The number of hydrogen-bond acceptors (Lipinski definition) is 6. The van der Waals surface area contributed by atoms with Crippen LogP contribution in [0, 0.1) is 0 Å². The molecule has 0 aliphatic heterocycles. The predicted octanol–water partition coefficient (Wildman–Crippen LogP) is 7.13. The van der Waals surface area contributed by atoms with E-state index in [0.717, 1.165) is 17.2 Å². The topological polar surface area (TPSA) is 27.7 Å². The molecule has 3 nitrogen and oxygen atoms in total. The molecule has 3 atom stereocenters. The van der Waals surface area contributed by atoms with E-state index in [1.165, 1.54) is 16.7 Å². The van der Waals surface area contributed by atoms with E-state index < -0.39 is 0 Å². The quantitative estimate of drug-likeness (QED) is 0.172. The largest absolute Gasteiger partial charge is 0.492 e. The van der Waals surface area contributed by atoms with Crippen LogP contribution in [0.2, 0.25) is 0 Å². The Morgan fingerprint density at radius 2 is 0.743 bits per heavy atom. The third-order valence-corrected chi connectivity index (χ3v) is 6.22. The molecule has 3 aromatic rings. The van der Waals surface area contributed by atoms with Gasteiger partial charge in [-0.25, -0.2) is 0 Å². The Kier molecular flexibility index (Phi) is 10.2. The highest BCUT2D eigenvalue weighted by atomic mass is 32.1. The number of hydrogen-bond donors (Lipinski definition) is 3. The molecular weight excluding hydrogens is 493 g/mol. The van der Waals surface area contributed by atoms with Crippen LogP contribution in [0.15, 0.2) is 72.8 Å². The maximum Gasteiger partial charge on any atom is 0.119 e. The molecular formula is C29H36O3S3. The van der Waals surface area contributed by atoms with Gasteiger partial charge in [0.2, 0.25) is 0 Å². The molecule has 6 heteroatoms. The van der Waals surface area contributed by atoms with Crippen molar-refractivity contribution < 1.29 is 14.2 Å². The monoisotopic (exact) mass is 528 g/mol. The average Bonchev–Trinajstić information content (AvgIpc) is 2.85. The number of rotatable bonds is 12. The van der Waals surface area contributed by atoms with Crippen LogP contribution in [-0.2, 0) is 5.41 Å². The fourth-order valence-electron chi connectivity index (χ4n) is 3.80. The molecule has 0 aromatic heterocycles. The average molecular weight is 529 g/mol. The molecule has 0 N–H and O–H groups in total. The summed E-state index contributed by atoms with van der Waals surface area (Å²) in [6.45, 7) is 10.0. The van der Waals surface area contributed by atoms with Crippen molar-refractivity contribution in [1.82, 2.24) is 0 Å². The molecule has 0 saturated heterocycles. The van der Waals surface area contributed by atoms with Crippen molar-refractivity contribution >= 4 is 37.9 Å². The second-order valence-corrected chi connectivity index (χ2v) is 11.8. The first-order valence-corrected chi connectivity index (χ1v) is 13.5. The molecule has 0 aliphatic rings. The van der Waals surface area contributed by atoms with Crippen LogP contribution >= 0.6 is 37.9 Å². The molecule has 0 spiro atoms. The summed E-state index contributed by atoms with van der Waals surface area (Å²) >= 11 is 13.2. The summed E-state index contributed by atoms with van der Waals surface area (Å²) in [5, 5.41) is 0.535. The lowest BCUT2D eigenvalue weighted by atomic mass is 9.71. The van der Waals surface area contributed by atoms with Crippen LogP contribution in [-0.4, -0.2) is 35.6 Å². The maximum atomic E-state index is 5.85. The zero-order valence-electron chi connectivity index (χ0n) is 20.8. The Labute approximate surface area is 226 Å². The first-order valence-electron chi connectivity index (χ1n) is 11.9. The Balaban J connectivity index is 1.95. The van der Waals surface area contributed by atoms with Crippen molar-refractivity contribution in [2.45, 2.75) is 48.9 Å². The third-order valence-electron chi connectivity index (χ3n) is 5.77. The van der Waals surface area contributed by atoms with Crippen LogP contribution in [0.1, 0.15) is 44.4 Å². The van der Waals surface area contributed by atoms with Gasteiger partial charge in [-0.1, -0.05) is 57.2 Å². The summed E-state index contributed by atoms with van der Waals surface area (Å²) in [4.78, 5) is 0. The number of thiol groups is 3. The van der Waals surface area contributed by atoms with Gasteiger partial charge in [-0.15, -0.1) is 0 Å². The molecule has 0 radical (unpaired) electrons. The Hall–Kier alpha value is -1.89. The molecule has 3 unspecified atom stereocenters. The zero-order chi connectivity index (χ0) is 25.4. The van der Waals surface area contributed by atoms with E-state index in [2.05, 4.69) is 81.2 Å². The smallest absolute Gasteiger partial charge is 0.119 e. The van der Waals surface area contributed by atoms with E-state index in [1.807, 2.05) is 57.2 Å². The first-order chi connectivity index (χ1) is 16.7. The van der Waals surface area contributed by atoms with Gasteiger partial charge in [0.05, 0.1) is 19.8 Å².